The molecule has 1 rings (SSSR count). The number of pyridine rings is 1. The average Bonchev–Trinajstić information content (AvgIpc) is 2.28. The van der Waals surface area contributed by atoms with E-state index >= 15 is 0 Å². The van der Waals surface area contributed by atoms with E-state index < -0.39 is 0 Å². The molecule has 0 atom stereocenters. The molecule has 1 aromatic heterocycles. The van der Waals surface area contributed by atoms with Gasteiger partial charge < -0.3 is 16.8 Å². The minimum atomic E-state index is -0.0192. The van der Waals surface area contributed by atoms with Gasteiger partial charge in [0.1, 0.15) is 0 Å². The Hall–Kier alpha value is -1.62. The normalized spacial score (nSPS) is 10.1. The maximum atomic E-state index is 11.4. The maximum Gasteiger partial charge on any atom is 0.226 e. The highest BCUT2D eigenvalue weighted by atomic mass is 16.1. The number of hydrogen-bond donors (Lipinski definition) is 3. The summed E-state index contributed by atoms with van der Waals surface area (Å²) in [5, 5.41) is 2.81. The molecule has 0 saturated heterocycles. The molecule has 0 radical (unpaired) electrons. The first kappa shape index (κ1) is 12.4. The Morgan fingerprint density at radius 2 is 2.19 bits per heavy atom. The highest BCUT2D eigenvalue weighted by Gasteiger charge is 2.03. The van der Waals surface area contributed by atoms with Gasteiger partial charge in [0.25, 0.3) is 0 Å². The van der Waals surface area contributed by atoms with Gasteiger partial charge in [-0.25, -0.2) is 0 Å². The van der Waals surface area contributed by atoms with Gasteiger partial charge >= 0.3 is 0 Å². The highest BCUT2D eigenvalue weighted by Crippen LogP contribution is 2.01. The summed E-state index contributed by atoms with van der Waals surface area (Å²) >= 11 is 0. The molecule has 1 aromatic rings. The Bertz CT molecular complexity index is 323. The lowest BCUT2D eigenvalue weighted by Gasteiger charge is -2.04. The number of nitrogens with zero attached hydrogens (tertiary/aromatic N) is 1. The number of aromatic nitrogens is 1. The molecule has 0 bridgehead atoms. The smallest absolute Gasteiger partial charge is 0.226 e. The summed E-state index contributed by atoms with van der Waals surface area (Å²) in [4.78, 5) is 15.5. The lowest BCUT2D eigenvalue weighted by atomic mass is 10.2. The Balaban J connectivity index is 2.26. The number of amides is 1. The molecular weight excluding hydrogens is 204 g/mol. The Labute approximate surface area is 95.2 Å². The monoisotopic (exact) mass is 222 g/mol. The first-order valence-corrected chi connectivity index (χ1v) is 5.39. The third-order valence-corrected chi connectivity index (χ3v) is 2.14. The van der Waals surface area contributed by atoms with Crippen LogP contribution in [-0.2, 0) is 11.2 Å². The third kappa shape index (κ3) is 4.75. The second-order valence-electron chi connectivity index (χ2n) is 3.61. The van der Waals surface area contributed by atoms with Gasteiger partial charge in [-0.1, -0.05) is 0 Å². The summed E-state index contributed by atoms with van der Waals surface area (Å²) in [6, 6.07) is 3.50. The van der Waals surface area contributed by atoms with Crippen LogP contribution in [0.3, 0.4) is 0 Å². The maximum absolute atomic E-state index is 11.4. The lowest BCUT2D eigenvalue weighted by molar-refractivity contribution is -0.120. The Kier molecular flexibility index (Phi) is 5.28. The van der Waals surface area contributed by atoms with Crippen LogP contribution in [0.1, 0.15) is 18.5 Å². The molecule has 1 amide bonds. The van der Waals surface area contributed by atoms with E-state index in [-0.39, 0.29) is 5.91 Å². The molecule has 0 aliphatic heterocycles. The first-order chi connectivity index (χ1) is 7.72. The van der Waals surface area contributed by atoms with E-state index in [1.807, 2.05) is 0 Å². The lowest BCUT2D eigenvalue weighted by Crippen LogP contribution is -2.26. The standard InChI is InChI=1S/C11H18N4O/c12-5-1-2-6-14-11(16)7-10-4-3-9(13)8-15-10/h3-4,8H,1-2,5-7,12-13H2,(H,14,16). The van der Waals surface area contributed by atoms with Crippen LogP contribution >= 0.6 is 0 Å². The fourth-order valence-corrected chi connectivity index (χ4v) is 1.26. The number of unbranched alkanes of at least 4 members (excludes halogenated alkanes) is 1. The van der Waals surface area contributed by atoms with Crippen molar-refractivity contribution in [3.63, 3.8) is 0 Å². The van der Waals surface area contributed by atoms with Gasteiger partial charge in [-0.15, -0.1) is 0 Å². The van der Waals surface area contributed by atoms with Crippen LogP contribution in [0.4, 0.5) is 5.69 Å². The third-order valence-electron chi connectivity index (χ3n) is 2.14. The van der Waals surface area contributed by atoms with Gasteiger partial charge in [0.05, 0.1) is 18.3 Å². The van der Waals surface area contributed by atoms with Gasteiger partial charge in [0.2, 0.25) is 5.91 Å². The van der Waals surface area contributed by atoms with Crippen LogP contribution in [0.25, 0.3) is 0 Å². The summed E-state index contributed by atoms with van der Waals surface area (Å²) in [7, 11) is 0. The van der Waals surface area contributed by atoms with E-state index in [2.05, 4.69) is 10.3 Å². The number of nitrogens with two attached hydrogens (primary N) is 2. The zero-order valence-electron chi connectivity index (χ0n) is 9.28. The van der Waals surface area contributed by atoms with E-state index in [9.17, 15) is 4.79 Å². The molecule has 0 fully saturated rings. The molecule has 5 heteroatoms. The first-order valence-electron chi connectivity index (χ1n) is 5.39. The number of nitrogens with one attached hydrogen (secondary N) is 1. The van der Waals surface area contributed by atoms with E-state index in [1.54, 1.807) is 18.3 Å². The highest BCUT2D eigenvalue weighted by molar-refractivity contribution is 5.78. The summed E-state index contributed by atoms with van der Waals surface area (Å²) in [6.45, 7) is 1.33. The summed E-state index contributed by atoms with van der Waals surface area (Å²) in [6.07, 6.45) is 3.69. The number of nitrogen functional groups attached to an aromatic ring is 1. The molecule has 0 unspecified atom stereocenters. The quantitative estimate of drug-likeness (QED) is 0.593. The molecule has 0 spiro atoms. The molecule has 0 aliphatic carbocycles. The summed E-state index contributed by atoms with van der Waals surface area (Å²) in [5.74, 6) is -0.0192. The largest absolute Gasteiger partial charge is 0.397 e. The van der Waals surface area contributed by atoms with Crippen LogP contribution in [-0.4, -0.2) is 24.0 Å². The molecule has 5 N–H and O–H groups in total. The van der Waals surface area contributed by atoms with Crippen LogP contribution in [0, 0.1) is 0 Å². The van der Waals surface area contributed by atoms with Crippen molar-refractivity contribution in [3.8, 4) is 0 Å². The van der Waals surface area contributed by atoms with Gasteiger partial charge in [-0.2, -0.15) is 0 Å². The van der Waals surface area contributed by atoms with Crippen LogP contribution in [0.5, 0.6) is 0 Å². The van der Waals surface area contributed by atoms with Crippen molar-refractivity contribution in [2.24, 2.45) is 5.73 Å². The fourth-order valence-electron chi connectivity index (χ4n) is 1.26. The molecule has 16 heavy (non-hydrogen) atoms. The predicted molar refractivity (Wildman–Crippen MR) is 63.7 cm³/mol. The van der Waals surface area contributed by atoms with Crippen molar-refractivity contribution in [2.45, 2.75) is 19.3 Å². The molecule has 0 aliphatic rings. The van der Waals surface area contributed by atoms with E-state index in [0.717, 1.165) is 18.5 Å². The van der Waals surface area contributed by atoms with Gasteiger partial charge in [0, 0.05) is 12.2 Å². The van der Waals surface area contributed by atoms with Crippen molar-refractivity contribution in [1.82, 2.24) is 10.3 Å². The van der Waals surface area contributed by atoms with E-state index in [4.69, 9.17) is 11.5 Å². The van der Waals surface area contributed by atoms with Crippen molar-refractivity contribution in [2.75, 3.05) is 18.8 Å². The van der Waals surface area contributed by atoms with Crippen molar-refractivity contribution in [1.29, 1.82) is 0 Å². The topological polar surface area (TPSA) is 94.0 Å². The zero-order chi connectivity index (χ0) is 11.8. The Morgan fingerprint density at radius 3 is 2.81 bits per heavy atom. The summed E-state index contributed by atoms with van der Waals surface area (Å²) in [5.41, 5.74) is 12.2. The molecule has 88 valence electrons. The second-order valence-corrected chi connectivity index (χ2v) is 3.61. The zero-order valence-corrected chi connectivity index (χ0v) is 9.28. The van der Waals surface area contributed by atoms with Crippen LogP contribution < -0.4 is 16.8 Å². The summed E-state index contributed by atoms with van der Waals surface area (Å²) < 4.78 is 0. The van der Waals surface area contributed by atoms with Gasteiger partial charge in [0.15, 0.2) is 0 Å². The predicted octanol–water partition coefficient (Wildman–Crippen LogP) is 0.0614. The molecular formula is C11H18N4O. The van der Waals surface area contributed by atoms with Gasteiger partial charge in [-0.3, -0.25) is 9.78 Å². The fraction of sp³-hybridized carbons (Fsp3) is 0.455. The Morgan fingerprint density at radius 1 is 1.38 bits per heavy atom. The average molecular weight is 222 g/mol. The molecule has 0 saturated carbocycles. The number of carbonyl (C=O) groups is 1. The van der Waals surface area contributed by atoms with Crippen molar-refractivity contribution >= 4 is 11.6 Å². The number of carbonyl (C=O) groups excluding carboxylic acids is 1. The number of hydrogen-bond acceptors (Lipinski definition) is 4. The SMILES string of the molecule is NCCCCNC(=O)Cc1ccc(N)cn1. The van der Waals surface area contributed by atoms with E-state index in [1.165, 1.54) is 0 Å². The minimum absolute atomic E-state index is 0.0192. The molecule has 1 heterocycles. The molecule has 0 aromatic carbocycles. The van der Waals surface area contributed by atoms with Crippen molar-refractivity contribution < 1.29 is 4.79 Å². The van der Waals surface area contributed by atoms with Crippen molar-refractivity contribution in [3.05, 3.63) is 24.0 Å². The van der Waals surface area contributed by atoms with E-state index in [0.29, 0.717) is 25.2 Å². The number of anilines is 1. The van der Waals surface area contributed by atoms with Gasteiger partial charge in [-0.05, 0) is 31.5 Å². The van der Waals surface area contributed by atoms with Crippen LogP contribution in [0.2, 0.25) is 0 Å². The molecule has 5 nitrogen and oxygen atoms in total. The van der Waals surface area contributed by atoms with Crippen LogP contribution in [0.15, 0.2) is 18.3 Å². The minimum Gasteiger partial charge on any atom is -0.397 e. The second kappa shape index (κ2) is 6.79. The number of rotatable bonds is 6.